The van der Waals surface area contributed by atoms with Gasteiger partial charge in [-0.25, -0.2) is 10.2 Å². The van der Waals surface area contributed by atoms with Crippen LogP contribution in [0.15, 0.2) is 71.8 Å². The molecule has 0 unspecified atom stereocenters. The van der Waals surface area contributed by atoms with E-state index in [1.807, 2.05) is 32.0 Å². The zero-order valence-electron chi connectivity index (χ0n) is 20.4. The Kier molecular flexibility index (Phi) is 9.01. The van der Waals surface area contributed by atoms with Crippen molar-refractivity contribution in [3.05, 3.63) is 89.0 Å². The molecule has 0 saturated heterocycles. The summed E-state index contributed by atoms with van der Waals surface area (Å²) in [5, 5.41) is 3.99. The van der Waals surface area contributed by atoms with Gasteiger partial charge in [-0.15, -0.1) is 0 Å². The molecule has 0 spiro atoms. The van der Waals surface area contributed by atoms with Crippen LogP contribution in [0.1, 0.15) is 53.7 Å². The van der Waals surface area contributed by atoms with Gasteiger partial charge in [0.05, 0.1) is 18.4 Å². The molecule has 7 heteroatoms. The zero-order chi connectivity index (χ0) is 25.2. The average Bonchev–Trinajstić information content (AvgIpc) is 2.85. The Morgan fingerprint density at radius 3 is 2.43 bits per heavy atom. The second kappa shape index (κ2) is 12.4. The Bertz CT molecular complexity index is 1190. The minimum absolute atomic E-state index is 0.154. The fourth-order valence-electron chi connectivity index (χ4n) is 3.18. The smallest absolute Gasteiger partial charge is 0.343 e. The highest BCUT2D eigenvalue weighted by Crippen LogP contribution is 2.29. The van der Waals surface area contributed by atoms with Crippen LogP contribution >= 0.6 is 0 Å². The first-order valence-electron chi connectivity index (χ1n) is 11.5. The first-order chi connectivity index (χ1) is 16.9. The van der Waals surface area contributed by atoms with E-state index in [4.69, 9.17) is 14.2 Å². The summed E-state index contributed by atoms with van der Waals surface area (Å²) in [7, 11) is 0. The summed E-state index contributed by atoms with van der Waals surface area (Å²) >= 11 is 0. The first kappa shape index (κ1) is 25.5. The number of nitrogens with zero attached hydrogens (tertiary/aromatic N) is 1. The van der Waals surface area contributed by atoms with Crippen LogP contribution in [0, 0.1) is 6.92 Å². The number of amides is 1. The molecule has 182 valence electrons. The van der Waals surface area contributed by atoms with Crippen molar-refractivity contribution in [1.82, 2.24) is 5.43 Å². The molecule has 1 N–H and O–H groups in total. The van der Waals surface area contributed by atoms with E-state index in [0.29, 0.717) is 40.9 Å². The van der Waals surface area contributed by atoms with Crippen LogP contribution in [0.3, 0.4) is 0 Å². The fourth-order valence-corrected chi connectivity index (χ4v) is 3.18. The molecule has 0 atom stereocenters. The van der Waals surface area contributed by atoms with Gasteiger partial charge in [0.25, 0.3) is 5.91 Å². The normalized spacial score (nSPS) is 10.9. The maximum absolute atomic E-state index is 12.4. The Labute approximate surface area is 205 Å². The highest BCUT2D eigenvalue weighted by molar-refractivity contribution is 5.91. The van der Waals surface area contributed by atoms with Gasteiger partial charge in [-0.2, -0.15) is 5.10 Å². The summed E-state index contributed by atoms with van der Waals surface area (Å²) in [5.41, 5.74) is 5.67. The minimum atomic E-state index is -0.477. The number of ether oxygens (including phenoxy) is 3. The lowest BCUT2D eigenvalue weighted by Gasteiger charge is -2.12. The van der Waals surface area contributed by atoms with Gasteiger partial charge in [-0.1, -0.05) is 44.2 Å². The Hall–Kier alpha value is -4.13. The highest BCUT2D eigenvalue weighted by atomic mass is 16.6. The van der Waals surface area contributed by atoms with Crippen molar-refractivity contribution < 1.29 is 23.8 Å². The minimum Gasteiger partial charge on any atom is -0.490 e. The maximum Gasteiger partial charge on any atom is 0.343 e. The Morgan fingerprint density at radius 2 is 1.71 bits per heavy atom. The standard InChI is InChI=1S/C28H30N2O5/c1-5-33-26-15-21(12-14-24(26)35-28(32)22-9-7-6-8-10-22)17-29-30-27(31)18-34-25-16-23(19(2)3)13-11-20(25)4/h6-17,19H,5,18H2,1-4H3,(H,30,31)/b29-17+. The number of hydrogen-bond donors (Lipinski definition) is 1. The summed E-state index contributed by atoms with van der Waals surface area (Å²) < 4.78 is 16.8. The molecule has 0 fully saturated rings. The molecule has 1 amide bonds. The molecule has 0 saturated carbocycles. The van der Waals surface area contributed by atoms with Crippen LogP contribution in [0.25, 0.3) is 0 Å². The van der Waals surface area contributed by atoms with Crippen LogP contribution in [0.4, 0.5) is 0 Å². The summed E-state index contributed by atoms with van der Waals surface area (Å²) in [4.78, 5) is 24.6. The van der Waals surface area contributed by atoms with E-state index >= 15 is 0 Å². The van der Waals surface area contributed by atoms with Gasteiger partial charge in [-0.3, -0.25) is 4.79 Å². The summed E-state index contributed by atoms with van der Waals surface area (Å²) in [6.07, 6.45) is 1.48. The zero-order valence-corrected chi connectivity index (χ0v) is 20.4. The second-order valence-corrected chi connectivity index (χ2v) is 8.16. The fraction of sp³-hybridized carbons (Fsp3) is 0.250. The maximum atomic E-state index is 12.4. The molecule has 0 aliphatic heterocycles. The number of aryl methyl sites for hydroxylation is 1. The van der Waals surface area contributed by atoms with Crippen molar-refractivity contribution in [2.45, 2.75) is 33.6 Å². The lowest BCUT2D eigenvalue weighted by molar-refractivity contribution is -0.123. The molecule has 35 heavy (non-hydrogen) atoms. The van der Waals surface area contributed by atoms with Gasteiger partial charge in [0, 0.05) is 0 Å². The molecule has 3 aromatic carbocycles. The van der Waals surface area contributed by atoms with E-state index < -0.39 is 5.97 Å². The number of esters is 1. The van der Waals surface area contributed by atoms with Crippen LogP contribution in [0.2, 0.25) is 0 Å². The van der Waals surface area contributed by atoms with Crippen LogP contribution in [-0.4, -0.2) is 31.3 Å². The lowest BCUT2D eigenvalue weighted by Crippen LogP contribution is -2.24. The molecule has 3 rings (SSSR count). The number of carbonyl (C=O) groups excluding carboxylic acids is 2. The molecular formula is C28H30N2O5. The topological polar surface area (TPSA) is 86.2 Å². The van der Waals surface area contributed by atoms with Crippen LogP contribution < -0.4 is 19.6 Å². The predicted octanol–water partition coefficient (Wildman–Crippen LogP) is 5.27. The SMILES string of the molecule is CCOc1cc(/C=N/NC(=O)COc2cc(C(C)C)ccc2C)ccc1OC(=O)c1ccccc1. The van der Waals surface area contributed by atoms with E-state index in [0.717, 1.165) is 11.1 Å². The van der Waals surface area contributed by atoms with Crippen LogP contribution in [-0.2, 0) is 4.79 Å². The number of hydrazone groups is 1. The van der Waals surface area contributed by atoms with Crippen molar-refractivity contribution in [1.29, 1.82) is 0 Å². The van der Waals surface area contributed by atoms with Crippen molar-refractivity contribution >= 4 is 18.1 Å². The number of rotatable bonds is 10. The van der Waals surface area contributed by atoms with Crippen molar-refractivity contribution in [2.75, 3.05) is 13.2 Å². The Balaban J connectivity index is 1.59. The lowest BCUT2D eigenvalue weighted by atomic mass is 10.0. The quantitative estimate of drug-likeness (QED) is 0.187. The highest BCUT2D eigenvalue weighted by Gasteiger charge is 2.13. The van der Waals surface area contributed by atoms with E-state index in [9.17, 15) is 9.59 Å². The summed E-state index contributed by atoms with van der Waals surface area (Å²) in [5.74, 6) is 0.886. The van der Waals surface area contributed by atoms with Crippen LogP contribution in [0.5, 0.6) is 17.2 Å². The van der Waals surface area contributed by atoms with Gasteiger partial charge >= 0.3 is 5.97 Å². The molecule has 0 radical (unpaired) electrons. The average molecular weight is 475 g/mol. The number of benzene rings is 3. The second-order valence-electron chi connectivity index (χ2n) is 8.16. The van der Waals surface area contributed by atoms with E-state index in [-0.39, 0.29) is 12.5 Å². The van der Waals surface area contributed by atoms with E-state index in [1.165, 1.54) is 6.21 Å². The molecule has 0 bridgehead atoms. The van der Waals surface area contributed by atoms with Gasteiger partial charge in [0.1, 0.15) is 5.75 Å². The number of hydrogen-bond acceptors (Lipinski definition) is 6. The molecule has 0 heterocycles. The molecule has 0 aliphatic carbocycles. The molecular weight excluding hydrogens is 444 g/mol. The summed E-state index contributed by atoms with van der Waals surface area (Å²) in [6.45, 7) is 8.22. The molecule has 0 aliphatic rings. The Morgan fingerprint density at radius 1 is 0.943 bits per heavy atom. The molecule has 3 aromatic rings. The number of carbonyl (C=O) groups is 2. The monoisotopic (exact) mass is 474 g/mol. The molecule has 0 aromatic heterocycles. The third-order valence-corrected chi connectivity index (χ3v) is 5.12. The van der Waals surface area contributed by atoms with Gasteiger partial charge < -0.3 is 14.2 Å². The number of nitrogens with one attached hydrogen (secondary N) is 1. The van der Waals surface area contributed by atoms with Crippen molar-refractivity contribution in [2.24, 2.45) is 5.10 Å². The predicted molar refractivity (Wildman–Crippen MR) is 136 cm³/mol. The largest absolute Gasteiger partial charge is 0.490 e. The van der Waals surface area contributed by atoms with Gasteiger partial charge in [0.2, 0.25) is 0 Å². The van der Waals surface area contributed by atoms with Gasteiger partial charge in [-0.05, 0) is 72.9 Å². The van der Waals surface area contributed by atoms with Crippen molar-refractivity contribution in [3.63, 3.8) is 0 Å². The van der Waals surface area contributed by atoms with Gasteiger partial charge in [0.15, 0.2) is 18.1 Å². The third kappa shape index (κ3) is 7.43. The van der Waals surface area contributed by atoms with Crippen molar-refractivity contribution in [3.8, 4) is 17.2 Å². The van der Waals surface area contributed by atoms with E-state index in [2.05, 4.69) is 30.4 Å². The molecule has 7 nitrogen and oxygen atoms in total. The third-order valence-electron chi connectivity index (χ3n) is 5.12. The first-order valence-corrected chi connectivity index (χ1v) is 11.5. The summed E-state index contributed by atoms with van der Waals surface area (Å²) in [6, 6.07) is 19.7. The van der Waals surface area contributed by atoms with E-state index in [1.54, 1.807) is 42.5 Å².